The third-order valence-corrected chi connectivity index (χ3v) is 4.96. The van der Waals surface area contributed by atoms with Gasteiger partial charge in [-0.2, -0.15) is 8.42 Å². The van der Waals surface area contributed by atoms with Crippen LogP contribution in [-0.2, 0) is 14.8 Å². The van der Waals surface area contributed by atoms with E-state index in [1.807, 2.05) is 12.1 Å². The molecule has 3 rings (SSSR count). The maximum atomic E-state index is 12.1. The standard InChI is InChI=1S/C14H12ClN3O3S/c15-10-3-1-9(2-4-10)11-7-12(11)14(19)18-22(20,21)13-8-16-5-6-17-13/h1-6,8,11-12H,7H2,(H,18,19)/t11-,12-/m0/s1. The van der Waals surface area contributed by atoms with Crippen molar-refractivity contribution in [1.82, 2.24) is 14.7 Å². The van der Waals surface area contributed by atoms with E-state index in [0.717, 1.165) is 11.8 Å². The van der Waals surface area contributed by atoms with Gasteiger partial charge in [0.05, 0.1) is 6.20 Å². The van der Waals surface area contributed by atoms with Crippen LogP contribution in [0.25, 0.3) is 0 Å². The molecule has 1 N–H and O–H groups in total. The van der Waals surface area contributed by atoms with Gasteiger partial charge in [0.2, 0.25) is 5.91 Å². The SMILES string of the molecule is O=C(NS(=O)(=O)c1cnccn1)[C@H]1C[C@H]1c1ccc(Cl)cc1. The van der Waals surface area contributed by atoms with E-state index in [4.69, 9.17) is 11.6 Å². The smallest absolute Gasteiger partial charge is 0.274 e. The number of rotatable bonds is 4. The van der Waals surface area contributed by atoms with Gasteiger partial charge < -0.3 is 0 Å². The van der Waals surface area contributed by atoms with Gasteiger partial charge >= 0.3 is 0 Å². The molecule has 0 radical (unpaired) electrons. The summed E-state index contributed by atoms with van der Waals surface area (Å²) in [5, 5.41) is 0.350. The fourth-order valence-corrected chi connectivity index (χ4v) is 3.29. The molecule has 2 aromatic rings. The molecule has 1 fully saturated rings. The van der Waals surface area contributed by atoms with Crippen molar-refractivity contribution in [3.8, 4) is 0 Å². The Morgan fingerprint density at radius 1 is 1.23 bits per heavy atom. The van der Waals surface area contributed by atoms with Crippen LogP contribution in [0.5, 0.6) is 0 Å². The summed E-state index contributed by atoms with van der Waals surface area (Å²) in [4.78, 5) is 19.5. The van der Waals surface area contributed by atoms with E-state index < -0.39 is 15.9 Å². The van der Waals surface area contributed by atoms with Crippen LogP contribution in [0.3, 0.4) is 0 Å². The van der Waals surface area contributed by atoms with Crippen molar-refractivity contribution in [3.05, 3.63) is 53.4 Å². The highest BCUT2D eigenvalue weighted by Crippen LogP contribution is 2.47. The molecule has 0 spiro atoms. The van der Waals surface area contributed by atoms with E-state index in [1.165, 1.54) is 12.4 Å². The average Bonchev–Trinajstić information content (AvgIpc) is 3.29. The fraction of sp³-hybridized carbons (Fsp3) is 0.214. The van der Waals surface area contributed by atoms with Crippen molar-refractivity contribution < 1.29 is 13.2 Å². The number of benzene rings is 1. The number of amides is 1. The Morgan fingerprint density at radius 2 is 1.95 bits per heavy atom. The van der Waals surface area contributed by atoms with E-state index in [-0.39, 0.29) is 16.9 Å². The van der Waals surface area contributed by atoms with E-state index in [0.29, 0.717) is 11.4 Å². The van der Waals surface area contributed by atoms with Crippen molar-refractivity contribution in [2.45, 2.75) is 17.4 Å². The van der Waals surface area contributed by atoms with Gasteiger partial charge in [-0.1, -0.05) is 23.7 Å². The predicted octanol–water partition coefficient (Wildman–Crippen LogP) is 1.74. The summed E-state index contributed by atoms with van der Waals surface area (Å²) in [6, 6.07) is 7.19. The van der Waals surface area contributed by atoms with E-state index >= 15 is 0 Å². The molecule has 6 nitrogen and oxygen atoms in total. The highest BCUT2D eigenvalue weighted by Gasteiger charge is 2.45. The molecule has 1 aromatic heterocycles. The Morgan fingerprint density at radius 3 is 2.59 bits per heavy atom. The van der Waals surface area contributed by atoms with Gasteiger partial charge in [-0.15, -0.1) is 0 Å². The number of hydrogen-bond donors (Lipinski definition) is 1. The maximum Gasteiger partial charge on any atom is 0.283 e. The number of sulfonamides is 1. The number of carbonyl (C=O) groups is 1. The second-order valence-electron chi connectivity index (χ2n) is 5.01. The second kappa shape index (κ2) is 5.66. The number of hydrogen-bond acceptors (Lipinski definition) is 5. The lowest BCUT2D eigenvalue weighted by atomic mass is 10.1. The molecule has 22 heavy (non-hydrogen) atoms. The molecule has 1 amide bonds. The maximum absolute atomic E-state index is 12.1. The Balaban J connectivity index is 1.68. The van der Waals surface area contributed by atoms with Crippen LogP contribution in [0.15, 0.2) is 47.9 Å². The number of carbonyl (C=O) groups excluding carboxylic acids is 1. The molecule has 0 unspecified atom stereocenters. The number of nitrogens with one attached hydrogen (secondary N) is 1. The fourth-order valence-electron chi connectivity index (χ4n) is 2.25. The summed E-state index contributed by atoms with van der Waals surface area (Å²) in [5.74, 6) is -0.854. The average molecular weight is 338 g/mol. The largest absolute Gasteiger partial charge is 0.283 e. The molecule has 1 aliphatic rings. The minimum absolute atomic E-state index is 0.0225. The first-order chi connectivity index (χ1) is 10.5. The number of halogens is 1. The Bertz CT molecular complexity index is 794. The monoisotopic (exact) mass is 337 g/mol. The van der Waals surface area contributed by atoms with Gasteiger partial charge in [-0.05, 0) is 30.0 Å². The molecule has 0 bridgehead atoms. The molecular formula is C14H12ClN3O3S. The Kier molecular flexibility index (Phi) is 3.84. The highest BCUT2D eigenvalue weighted by atomic mass is 35.5. The zero-order valence-electron chi connectivity index (χ0n) is 11.3. The zero-order chi connectivity index (χ0) is 15.7. The Hall–Kier alpha value is -1.99. The first kappa shape index (κ1) is 14.9. The molecular weight excluding hydrogens is 326 g/mol. The summed E-state index contributed by atoms with van der Waals surface area (Å²) >= 11 is 5.82. The summed E-state index contributed by atoms with van der Waals surface area (Å²) in [7, 11) is -3.97. The van der Waals surface area contributed by atoms with Gasteiger partial charge in [0, 0.05) is 23.3 Å². The summed E-state index contributed by atoms with van der Waals surface area (Å²) in [5.41, 5.74) is 0.974. The van der Waals surface area contributed by atoms with Crippen molar-refractivity contribution in [2.24, 2.45) is 5.92 Å². The first-order valence-electron chi connectivity index (χ1n) is 6.55. The van der Waals surface area contributed by atoms with E-state index in [9.17, 15) is 13.2 Å². The molecule has 8 heteroatoms. The molecule has 1 heterocycles. The van der Waals surface area contributed by atoms with Crippen LogP contribution >= 0.6 is 11.6 Å². The normalized spacial score (nSPS) is 20.4. The zero-order valence-corrected chi connectivity index (χ0v) is 12.9. The molecule has 0 saturated heterocycles. The Labute approximate surface area is 132 Å². The predicted molar refractivity (Wildman–Crippen MR) is 79.7 cm³/mol. The first-order valence-corrected chi connectivity index (χ1v) is 8.41. The third-order valence-electron chi connectivity index (χ3n) is 3.48. The highest BCUT2D eigenvalue weighted by molar-refractivity contribution is 7.90. The molecule has 0 aliphatic heterocycles. The quantitative estimate of drug-likeness (QED) is 0.917. The van der Waals surface area contributed by atoms with Crippen LogP contribution in [-0.4, -0.2) is 24.3 Å². The van der Waals surface area contributed by atoms with Crippen molar-refractivity contribution in [1.29, 1.82) is 0 Å². The summed E-state index contributed by atoms with van der Waals surface area (Å²) in [6.07, 6.45) is 4.33. The summed E-state index contributed by atoms with van der Waals surface area (Å²) < 4.78 is 26.1. The minimum Gasteiger partial charge on any atom is -0.274 e. The lowest BCUT2D eigenvalue weighted by Gasteiger charge is -2.05. The van der Waals surface area contributed by atoms with Gasteiger partial charge in [0.15, 0.2) is 5.03 Å². The lowest BCUT2D eigenvalue weighted by molar-refractivity contribution is -0.120. The second-order valence-corrected chi connectivity index (χ2v) is 7.08. The molecule has 2 atom stereocenters. The van der Waals surface area contributed by atoms with Crippen LogP contribution in [0, 0.1) is 5.92 Å². The van der Waals surface area contributed by atoms with E-state index in [2.05, 4.69) is 14.7 Å². The lowest BCUT2D eigenvalue weighted by Crippen LogP contribution is -2.32. The van der Waals surface area contributed by atoms with Crippen molar-refractivity contribution >= 4 is 27.5 Å². The van der Waals surface area contributed by atoms with Crippen molar-refractivity contribution in [3.63, 3.8) is 0 Å². The molecule has 1 aliphatic carbocycles. The van der Waals surface area contributed by atoms with Gasteiger partial charge in [-0.3, -0.25) is 9.78 Å². The molecule has 1 saturated carbocycles. The van der Waals surface area contributed by atoms with Crippen molar-refractivity contribution in [2.75, 3.05) is 0 Å². The van der Waals surface area contributed by atoms with Gasteiger partial charge in [-0.25, -0.2) is 9.71 Å². The van der Waals surface area contributed by atoms with Crippen LogP contribution in [0.4, 0.5) is 0 Å². The minimum atomic E-state index is -3.97. The van der Waals surface area contributed by atoms with E-state index in [1.54, 1.807) is 12.1 Å². The number of aromatic nitrogens is 2. The topological polar surface area (TPSA) is 89.0 Å². The van der Waals surface area contributed by atoms with Crippen LogP contribution in [0.1, 0.15) is 17.9 Å². The van der Waals surface area contributed by atoms with Gasteiger partial charge in [0.1, 0.15) is 0 Å². The van der Waals surface area contributed by atoms with Crippen LogP contribution in [0.2, 0.25) is 5.02 Å². The van der Waals surface area contributed by atoms with Crippen LogP contribution < -0.4 is 4.72 Å². The summed E-state index contributed by atoms with van der Waals surface area (Å²) in [6.45, 7) is 0. The molecule has 1 aromatic carbocycles. The third kappa shape index (κ3) is 3.10. The number of nitrogens with zero attached hydrogens (tertiary/aromatic N) is 2. The van der Waals surface area contributed by atoms with Gasteiger partial charge in [0.25, 0.3) is 10.0 Å². The molecule has 114 valence electrons.